The fourth-order valence-electron chi connectivity index (χ4n) is 2.80. The lowest BCUT2D eigenvalue weighted by atomic mass is 9.97. The van der Waals surface area contributed by atoms with Crippen LogP contribution in [0.2, 0.25) is 5.15 Å². The number of nitrogens with zero attached hydrogens (tertiary/aromatic N) is 1. The largest absolute Gasteiger partial charge is 0.268 e. The SMILES string of the molecule is CC(NS(=O)(=O)C(C)(C)C)c1cc2scc(Cl)n2c(=O)c1-c1cccc(F)c1. The molecule has 0 aliphatic rings. The van der Waals surface area contributed by atoms with E-state index in [-0.39, 0.29) is 10.7 Å². The molecule has 5 nitrogen and oxygen atoms in total. The minimum atomic E-state index is -3.67. The summed E-state index contributed by atoms with van der Waals surface area (Å²) in [6.45, 7) is 6.43. The van der Waals surface area contributed by atoms with Crippen LogP contribution in [0.25, 0.3) is 16.0 Å². The van der Waals surface area contributed by atoms with E-state index in [4.69, 9.17) is 11.6 Å². The van der Waals surface area contributed by atoms with Crippen molar-refractivity contribution >= 4 is 37.8 Å². The van der Waals surface area contributed by atoms with Gasteiger partial charge in [0.15, 0.2) is 0 Å². The first-order valence-corrected chi connectivity index (χ1v) is 11.3. The molecule has 1 N–H and O–H groups in total. The van der Waals surface area contributed by atoms with Crippen LogP contribution in [-0.4, -0.2) is 17.6 Å². The first kappa shape index (κ1) is 21.0. The van der Waals surface area contributed by atoms with Gasteiger partial charge in [0.2, 0.25) is 10.0 Å². The van der Waals surface area contributed by atoms with Crippen molar-refractivity contribution in [3.63, 3.8) is 0 Å². The van der Waals surface area contributed by atoms with E-state index in [9.17, 15) is 17.6 Å². The number of hydrogen-bond donors (Lipinski definition) is 1. The first-order chi connectivity index (χ1) is 12.9. The molecule has 0 radical (unpaired) electrons. The Labute approximate surface area is 171 Å². The normalized spacial score (nSPS) is 13.8. The lowest BCUT2D eigenvalue weighted by Gasteiger charge is -2.24. The number of benzene rings is 1. The highest BCUT2D eigenvalue weighted by molar-refractivity contribution is 7.90. The zero-order valence-electron chi connectivity index (χ0n) is 15.8. The van der Waals surface area contributed by atoms with Crippen molar-refractivity contribution in [2.75, 3.05) is 0 Å². The number of hydrogen-bond acceptors (Lipinski definition) is 4. The van der Waals surface area contributed by atoms with Crippen LogP contribution in [0.5, 0.6) is 0 Å². The highest BCUT2D eigenvalue weighted by atomic mass is 35.5. The molecule has 0 spiro atoms. The van der Waals surface area contributed by atoms with Crippen LogP contribution < -0.4 is 10.3 Å². The number of rotatable bonds is 4. The third kappa shape index (κ3) is 3.74. The van der Waals surface area contributed by atoms with Crippen LogP contribution >= 0.6 is 22.9 Å². The summed E-state index contributed by atoms with van der Waals surface area (Å²) in [7, 11) is -3.67. The van der Waals surface area contributed by atoms with Gasteiger partial charge in [-0.05, 0) is 57.0 Å². The summed E-state index contributed by atoms with van der Waals surface area (Å²) in [6, 6.07) is 6.65. The number of sulfonamides is 1. The van der Waals surface area contributed by atoms with Crippen LogP contribution in [0, 0.1) is 5.82 Å². The summed E-state index contributed by atoms with van der Waals surface area (Å²) in [5.74, 6) is -0.493. The molecule has 0 fully saturated rings. The number of aromatic nitrogens is 1. The Morgan fingerprint density at radius 3 is 2.54 bits per heavy atom. The predicted molar refractivity (Wildman–Crippen MR) is 112 cm³/mol. The van der Waals surface area contributed by atoms with Gasteiger partial charge in [-0.1, -0.05) is 23.7 Å². The molecule has 28 heavy (non-hydrogen) atoms. The summed E-state index contributed by atoms with van der Waals surface area (Å²) < 4.78 is 42.0. The quantitative estimate of drug-likeness (QED) is 0.642. The van der Waals surface area contributed by atoms with E-state index in [1.807, 2.05) is 0 Å². The molecule has 2 heterocycles. The highest BCUT2D eigenvalue weighted by Gasteiger charge is 2.32. The zero-order chi connectivity index (χ0) is 20.9. The molecule has 0 aliphatic carbocycles. The monoisotopic (exact) mass is 442 g/mol. The van der Waals surface area contributed by atoms with Crippen LogP contribution in [0.3, 0.4) is 0 Å². The fourth-order valence-corrected chi connectivity index (χ4v) is 4.91. The van der Waals surface area contributed by atoms with Crippen molar-refractivity contribution in [3.05, 3.63) is 62.6 Å². The van der Waals surface area contributed by atoms with E-state index in [1.54, 1.807) is 45.2 Å². The van der Waals surface area contributed by atoms with Gasteiger partial charge in [-0.25, -0.2) is 17.5 Å². The zero-order valence-corrected chi connectivity index (χ0v) is 18.2. The van der Waals surface area contributed by atoms with Gasteiger partial charge in [0, 0.05) is 11.4 Å². The molecule has 9 heteroatoms. The maximum atomic E-state index is 13.8. The van der Waals surface area contributed by atoms with Gasteiger partial charge in [0.05, 0.1) is 10.3 Å². The van der Waals surface area contributed by atoms with E-state index in [1.165, 1.54) is 33.9 Å². The second kappa shape index (κ2) is 7.26. The molecular weight excluding hydrogens is 423 g/mol. The fraction of sp³-hybridized carbons (Fsp3) is 0.316. The maximum absolute atomic E-state index is 13.8. The van der Waals surface area contributed by atoms with Gasteiger partial charge >= 0.3 is 0 Å². The molecule has 150 valence electrons. The Morgan fingerprint density at radius 2 is 1.93 bits per heavy atom. The van der Waals surface area contributed by atoms with E-state index in [0.717, 1.165) is 0 Å². The van der Waals surface area contributed by atoms with E-state index < -0.39 is 32.2 Å². The number of pyridine rings is 1. The molecular formula is C19H20ClFN2O3S2. The van der Waals surface area contributed by atoms with Crippen LogP contribution in [-0.2, 0) is 10.0 Å². The summed E-state index contributed by atoms with van der Waals surface area (Å²) in [5.41, 5.74) is 0.605. The summed E-state index contributed by atoms with van der Waals surface area (Å²) in [4.78, 5) is 13.8. The average Bonchev–Trinajstić information content (AvgIpc) is 2.94. The average molecular weight is 443 g/mol. The highest BCUT2D eigenvalue weighted by Crippen LogP contribution is 2.31. The van der Waals surface area contributed by atoms with E-state index in [2.05, 4.69) is 4.72 Å². The van der Waals surface area contributed by atoms with E-state index in [0.29, 0.717) is 16.0 Å². The molecule has 0 saturated carbocycles. The summed E-state index contributed by atoms with van der Waals surface area (Å²) in [6.07, 6.45) is 0. The molecule has 1 unspecified atom stereocenters. The van der Waals surface area contributed by atoms with Crippen molar-refractivity contribution in [1.82, 2.24) is 9.12 Å². The Kier molecular flexibility index (Phi) is 5.44. The standard InChI is InChI=1S/C19H20ClFN2O3S2/c1-11(22-28(25,26)19(2,3)4)14-9-16-23(15(20)10-27-16)18(24)17(14)12-6-5-7-13(21)8-12/h5-11,22H,1-4H3. The van der Waals surface area contributed by atoms with Crippen LogP contribution in [0.1, 0.15) is 39.3 Å². The minimum Gasteiger partial charge on any atom is -0.268 e. The Hall–Kier alpha value is -1.74. The van der Waals surface area contributed by atoms with Crippen LogP contribution in [0.15, 0.2) is 40.5 Å². The molecule has 0 saturated heterocycles. The topological polar surface area (TPSA) is 67.7 Å². The Balaban J connectivity index is 2.27. The van der Waals surface area contributed by atoms with Crippen molar-refractivity contribution in [2.24, 2.45) is 0 Å². The maximum Gasteiger partial charge on any atom is 0.265 e. The smallest absolute Gasteiger partial charge is 0.265 e. The third-order valence-electron chi connectivity index (χ3n) is 4.41. The number of thiazole rings is 1. The van der Waals surface area contributed by atoms with Gasteiger partial charge in [-0.2, -0.15) is 0 Å². The summed E-state index contributed by atoms with van der Waals surface area (Å²) >= 11 is 7.42. The van der Waals surface area contributed by atoms with Gasteiger partial charge < -0.3 is 0 Å². The van der Waals surface area contributed by atoms with Crippen LogP contribution in [0.4, 0.5) is 4.39 Å². The van der Waals surface area contributed by atoms with Crippen molar-refractivity contribution in [3.8, 4) is 11.1 Å². The molecule has 2 aromatic heterocycles. The van der Waals surface area contributed by atoms with Gasteiger partial charge in [-0.3, -0.25) is 9.20 Å². The number of halogens is 2. The molecule has 0 bridgehead atoms. The summed E-state index contributed by atoms with van der Waals surface area (Å²) in [5, 5.41) is 1.87. The molecule has 3 rings (SSSR count). The first-order valence-electron chi connectivity index (χ1n) is 8.53. The van der Waals surface area contributed by atoms with Crippen molar-refractivity contribution in [2.45, 2.75) is 38.5 Å². The lowest BCUT2D eigenvalue weighted by molar-refractivity contribution is 0.532. The van der Waals surface area contributed by atoms with E-state index >= 15 is 0 Å². The molecule has 3 aromatic rings. The molecule has 1 aromatic carbocycles. The van der Waals surface area contributed by atoms with Gasteiger partial charge in [0.25, 0.3) is 5.56 Å². The number of fused-ring (bicyclic) bond motifs is 1. The third-order valence-corrected chi connectivity index (χ3v) is 7.98. The van der Waals surface area contributed by atoms with Gasteiger partial charge in [-0.15, -0.1) is 11.3 Å². The Bertz CT molecular complexity index is 1210. The lowest BCUT2D eigenvalue weighted by Crippen LogP contribution is -2.41. The second-order valence-corrected chi connectivity index (χ2v) is 11.2. The molecule has 0 aliphatic heterocycles. The van der Waals surface area contributed by atoms with Crippen molar-refractivity contribution < 1.29 is 12.8 Å². The van der Waals surface area contributed by atoms with Gasteiger partial charge in [0.1, 0.15) is 15.8 Å². The van der Waals surface area contributed by atoms with Crippen molar-refractivity contribution in [1.29, 1.82) is 0 Å². The molecule has 0 amide bonds. The predicted octanol–water partition coefficient (Wildman–Crippen LogP) is 4.60. The second-order valence-electron chi connectivity index (χ2n) is 7.48. The molecule has 1 atom stereocenters. The number of nitrogens with one attached hydrogen (secondary N) is 1. The minimum absolute atomic E-state index is 0.210. The Morgan fingerprint density at radius 1 is 1.25 bits per heavy atom.